The van der Waals surface area contributed by atoms with Gasteiger partial charge in [0.1, 0.15) is 11.4 Å². The van der Waals surface area contributed by atoms with Crippen LogP contribution in [0.4, 0.5) is 4.39 Å². The summed E-state index contributed by atoms with van der Waals surface area (Å²) in [6.45, 7) is 2.32. The Morgan fingerprint density at radius 3 is 2.62 bits per heavy atom. The first-order chi connectivity index (χ1) is 14.0. The van der Waals surface area contributed by atoms with Crippen molar-refractivity contribution in [2.24, 2.45) is 0 Å². The van der Waals surface area contributed by atoms with E-state index in [1.807, 2.05) is 30.3 Å². The van der Waals surface area contributed by atoms with Crippen molar-refractivity contribution >= 4 is 22.8 Å². The zero-order valence-corrected chi connectivity index (χ0v) is 16.3. The molecule has 6 nitrogen and oxygen atoms in total. The van der Waals surface area contributed by atoms with Crippen molar-refractivity contribution in [1.82, 2.24) is 4.90 Å². The predicted molar refractivity (Wildman–Crippen MR) is 105 cm³/mol. The van der Waals surface area contributed by atoms with Gasteiger partial charge in [-0.2, -0.15) is 0 Å². The minimum absolute atomic E-state index is 0.0371. The monoisotopic (exact) mass is 399 g/mol. The van der Waals surface area contributed by atoms with Crippen molar-refractivity contribution in [3.63, 3.8) is 0 Å². The van der Waals surface area contributed by atoms with Crippen LogP contribution in [0.15, 0.2) is 52.9 Å². The summed E-state index contributed by atoms with van der Waals surface area (Å²) in [5.41, 5.74) is 1.81. The van der Waals surface area contributed by atoms with Crippen LogP contribution in [-0.2, 0) is 20.8 Å². The lowest BCUT2D eigenvalue weighted by Crippen LogP contribution is -2.36. The lowest BCUT2D eigenvalue weighted by Gasteiger charge is -2.22. The molecule has 0 saturated carbocycles. The van der Waals surface area contributed by atoms with Crippen LogP contribution in [0.2, 0.25) is 0 Å². The Morgan fingerprint density at radius 2 is 1.90 bits per heavy atom. The fourth-order valence-electron chi connectivity index (χ4n) is 2.97. The summed E-state index contributed by atoms with van der Waals surface area (Å²) in [5, 5.41) is 0.495. The molecule has 29 heavy (non-hydrogen) atoms. The van der Waals surface area contributed by atoms with Gasteiger partial charge in [0.15, 0.2) is 6.61 Å². The normalized spacial score (nSPS) is 10.9. The number of amides is 1. The third kappa shape index (κ3) is 5.00. The summed E-state index contributed by atoms with van der Waals surface area (Å²) in [6.07, 6.45) is 0. The standard InChI is InChI=1S/C22H22FNO5/c1-15-18-12-17(23)8-9-19(18)29-21(15)22(26)28-14-20(25)24(10-11-27-2)13-16-6-4-3-5-7-16/h3-9,12H,10-11,13-14H2,1-2H3. The zero-order valence-electron chi connectivity index (χ0n) is 16.3. The number of hydrogen-bond acceptors (Lipinski definition) is 5. The number of fused-ring (bicyclic) bond motifs is 1. The Kier molecular flexibility index (Phi) is 6.61. The number of nitrogens with zero attached hydrogens (tertiary/aromatic N) is 1. The predicted octanol–water partition coefficient (Wildman–Crippen LogP) is 3.71. The Bertz CT molecular complexity index is 999. The molecule has 0 saturated heterocycles. The smallest absolute Gasteiger partial charge is 0.375 e. The molecule has 0 bridgehead atoms. The zero-order chi connectivity index (χ0) is 20.8. The van der Waals surface area contributed by atoms with E-state index in [1.165, 1.54) is 18.2 Å². The molecule has 0 aliphatic rings. The van der Waals surface area contributed by atoms with Crippen molar-refractivity contribution in [3.8, 4) is 0 Å². The van der Waals surface area contributed by atoms with E-state index in [4.69, 9.17) is 13.9 Å². The number of esters is 1. The maximum absolute atomic E-state index is 13.4. The lowest BCUT2D eigenvalue weighted by molar-refractivity contribution is -0.135. The molecule has 0 unspecified atom stereocenters. The quantitative estimate of drug-likeness (QED) is 0.540. The maximum atomic E-state index is 13.4. The van der Waals surface area contributed by atoms with Gasteiger partial charge in [-0.25, -0.2) is 9.18 Å². The summed E-state index contributed by atoms with van der Waals surface area (Å²) >= 11 is 0. The van der Waals surface area contributed by atoms with Crippen LogP contribution in [0.5, 0.6) is 0 Å². The Hall–Kier alpha value is -3.19. The van der Waals surface area contributed by atoms with Crippen LogP contribution in [0.25, 0.3) is 11.0 Å². The molecule has 1 aromatic heterocycles. The second-order valence-corrected chi connectivity index (χ2v) is 6.57. The van der Waals surface area contributed by atoms with Crippen molar-refractivity contribution in [2.45, 2.75) is 13.5 Å². The molecule has 3 rings (SSSR count). The van der Waals surface area contributed by atoms with Crippen LogP contribution < -0.4 is 0 Å². The number of methoxy groups -OCH3 is 1. The van der Waals surface area contributed by atoms with Crippen LogP contribution in [0, 0.1) is 12.7 Å². The first-order valence-corrected chi connectivity index (χ1v) is 9.16. The van der Waals surface area contributed by atoms with Gasteiger partial charge >= 0.3 is 5.97 Å². The van der Waals surface area contributed by atoms with Crippen molar-refractivity contribution < 1.29 is 27.9 Å². The van der Waals surface area contributed by atoms with Crippen molar-refractivity contribution in [2.75, 3.05) is 26.9 Å². The third-order valence-corrected chi connectivity index (χ3v) is 4.54. The average Bonchev–Trinajstić information content (AvgIpc) is 3.06. The van der Waals surface area contributed by atoms with Gasteiger partial charge < -0.3 is 18.8 Å². The molecule has 1 amide bonds. The van der Waals surface area contributed by atoms with Crippen LogP contribution in [0.1, 0.15) is 21.7 Å². The van der Waals surface area contributed by atoms with Crippen LogP contribution in [0.3, 0.4) is 0 Å². The number of furan rings is 1. The number of carbonyl (C=O) groups excluding carboxylic acids is 2. The van der Waals surface area contributed by atoms with Gasteiger partial charge in [0.2, 0.25) is 5.76 Å². The molecule has 0 radical (unpaired) electrons. The molecular formula is C22H22FNO5. The van der Waals surface area contributed by atoms with Gasteiger partial charge in [-0.15, -0.1) is 0 Å². The van der Waals surface area contributed by atoms with E-state index in [0.717, 1.165) is 5.56 Å². The number of carbonyl (C=O) groups is 2. The van der Waals surface area contributed by atoms with E-state index >= 15 is 0 Å². The molecule has 3 aromatic rings. The topological polar surface area (TPSA) is 69.0 Å². The summed E-state index contributed by atoms with van der Waals surface area (Å²) in [5.74, 6) is -1.57. The molecule has 0 aliphatic carbocycles. The first-order valence-electron chi connectivity index (χ1n) is 9.16. The summed E-state index contributed by atoms with van der Waals surface area (Å²) in [7, 11) is 1.55. The number of ether oxygens (including phenoxy) is 2. The number of halogens is 1. The molecule has 1 heterocycles. The molecule has 152 valence electrons. The fraction of sp³-hybridized carbons (Fsp3) is 0.273. The molecule has 0 spiro atoms. The van der Waals surface area contributed by atoms with Crippen LogP contribution in [-0.4, -0.2) is 43.6 Å². The van der Waals surface area contributed by atoms with E-state index in [9.17, 15) is 14.0 Å². The highest BCUT2D eigenvalue weighted by atomic mass is 19.1. The average molecular weight is 399 g/mol. The Balaban J connectivity index is 1.67. The van der Waals surface area contributed by atoms with Gasteiger partial charge in [0.25, 0.3) is 5.91 Å². The molecular weight excluding hydrogens is 377 g/mol. The molecule has 0 N–H and O–H groups in total. The highest BCUT2D eigenvalue weighted by Crippen LogP contribution is 2.26. The largest absolute Gasteiger partial charge is 0.450 e. The second kappa shape index (κ2) is 9.34. The first kappa shape index (κ1) is 20.5. The Labute approximate surface area is 167 Å². The molecule has 0 fully saturated rings. The Morgan fingerprint density at radius 1 is 1.14 bits per heavy atom. The van der Waals surface area contributed by atoms with Gasteiger partial charge in [-0.1, -0.05) is 30.3 Å². The molecule has 0 aliphatic heterocycles. The van der Waals surface area contributed by atoms with Crippen molar-refractivity contribution in [3.05, 3.63) is 71.2 Å². The number of hydrogen-bond donors (Lipinski definition) is 0. The number of rotatable bonds is 8. The number of benzene rings is 2. The minimum Gasteiger partial charge on any atom is -0.450 e. The molecule has 0 atom stereocenters. The fourth-order valence-corrected chi connectivity index (χ4v) is 2.97. The van der Waals surface area contributed by atoms with Crippen molar-refractivity contribution in [1.29, 1.82) is 0 Å². The summed E-state index contributed by atoms with van der Waals surface area (Å²) in [6, 6.07) is 13.5. The minimum atomic E-state index is -0.765. The highest BCUT2D eigenvalue weighted by molar-refractivity contribution is 5.96. The number of aryl methyl sites for hydroxylation is 1. The summed E-state index contributed by atoms with van der Waals surface area (Å²) < 4.78 is 29.2. The van der Waals surface area contributed by atoms with E-state index in [-0.39, 0.29) is 11.7 Å². The third-order valence-electron chi connectivity index (χ3n) is 4.54. The highest BCUT2D eigenvalue weighted by Gasteiger charge is 2.22. The van der Waals surface area contributed by atoms with Gasteiger partial charge in [-0.3, -0.25) is 4.79 Å². The van der Waals surface area contributed by atoms with E-state index < -0.39 is 18.4 Å². The second-order valence-electron chi connectivity index (χ2n) is 6.57. The van der Waals surface area contributed by atoms with Gasteiger partial charge in [0, 0.05) is 31.1 Å². The van der Waals surface area contributed by atoms with E-state index in [0.29, 0.717) is 36.2 Å². The lowest BCUT2D eigenvalue weighted by atomic mass is 10.1. The maximum Gasteiger partial charge on any atom is 0.375 e. The van der Waals surface area contributed by atoms with Gasteiger partial charge in [0.05, 0.1) is 6.61 Å². The van der Waals surface area contributed by atoms with E-state index in [1.54, 1.807) is 18.9 Å². The van der Waals surface area contributed by atoms with Gasteiger partial charge in [-0.05, 0) is 30.7 Å². The summed E-state index contributed by atoms with van der Waals surface area (Å²) in [4.78, 5) is 26.6. The molecule has 7 heteroatoms. The van der Waals surface area contributed by atoms with Crippen LogP contribution >= 0.6 is 0 Å². The van der Waals surface area contributed by atoms with E-state index in [2.05, 4.69) is 0 Å². The SMILES string of the molecule is COCCN(Cc1ccccc1)C(=O)COC(=O)c1oc2ccc(F)cc2c1C. The molecule has 2 aromatic carbocycles.